The van der Waals surface area contributed by atoms with Crippen molar-refractivity contribution in [2.75, 3.05) is 21.2 Å². The molecule has 0 aliphatic carbocycles. The lowest BCUT2D eigenvalue weighted by Gasteiger charge is -2.23. The van der Waals surface area contributed by atoms with Crippen LogP contribution in [-0.4, -0.2) is 46.8 Å². The van der Waals surface area contributed by atoms with Gasteiger partial charge in [-0.05, 0) is 13.0 Å². The second-order valence-electron chi connectivity index (χ2n) is 5.29. The molecule has 2 rings (SSSR count). The predicted molar refractivity (Wildman–Crippen MR) is 90.4 cm³/mol. The molecule has 124 valence electrons. The number of hydrogen-bond acceptors (Lipinski definition) is 4. The molecule has 2 aromatic rings. The Hall–Kier alpha value is -2.57. The summed E-state index contributed by atoms with van der Waals surface area (Å²) in [6.07, 6.45) is 0. The van der Waals surface area contributed by atoms with Gasteiger partial charge in [-0.15, -0.1) is 10.2 Å². The topological polar surface area (TPSA) is 67.6 Å². The SMILES string of the molecule is CN=C(NCc1nnc(C)n1C)N(C)Cc1ccccc1OC. The van der Waals surface area contributed by atoms with Crippen molar-refractivity contribution in [3.63, 3.8) is 0 Å². The highest BCUT2D eigenvalue weighted by Crippen LogP contribution is 2.18. The monoisotopic (exact) mass is 316 g/mol. The zero-order chi connectivity index (χ0) is 16.8. The molecule has 0 unspecified atom stereocenters. The highest BCUT2D eigenvalue weighted by molar-refractivity contribution is 5.79. The van der Waals surface area contributed by atoms with E-state index in [9.17, 15) is 0 Å². The summed E-state index contributed by atoms with van der Waals surface area (Å²) in [6.45, 7) is 3.20. The Balaban J connectivity index is 2.01. The maximum atomic E-state index is 5.40. The van der Waals surface area contributed by atoms with Gasteiger partial charge in [0.25, 0.3) is 0 Å². The number of rotatable bonds is 5. The van der Waals surface area contributed by atoms with Crippen LogP contribution in [0.5, 0.6) is 5.75 Å². The second kappa shape index (κ2) is 7.62. The van der Waals surface area contributed by atoms with Crippen LogP contribution < -0.4 is 10.1 Å². The molecular formula is C16H24N6O. The lowest BCUT2D eigenvalue weighted by molar-refractivity contribution is 0.396. The summed E-state index contributed by atoms with van der Waals surface area (Å²) in [7, 11) is 7.39. The lowest BCUT2D eigenvalue weighted by Crippen LogP contribution is -2.38. The van der Waals surface area contributed by atoms with Gasteiger partial charge in [0.1, 0.15) is 11.6 Å². The van der Waals surface area contributed by atoms with Crippen LogP contribution in [0.15, 0.2) is 29.3 Å². The van der Waals surface area contributed by atoms with Crippen LogP contribution in [0.2, 0.25) is 0 Å². The van der Waals surface area contributed by atoms with Gasteiger partial charge in [0.15, 0.2) is 11.8 Å². The Bertz CT molecular complexity index is 679. The van der Waals surface area contributed by atoms with E-state index < -0.39 is 0 Å². The molecule has 0 saturated heterocycles. The first-order valence-electron chi connectivity index (χ1n) is 7.45. The van der Waals surface area contributed by atoms with Gasteiger partial charge >= 0.3 is 0 Å². The van der Waals surface area contributed by atoms with Crippen LogP contribution in [0.3, 0.4) is 0 Å². The second-order valence-corrected chi connectivity index (χ2v) is 5.29. The Morgan fingerprint density at radius 2 is 2.09 bits per heavy atom. The number of nitrogens with zero attached hydrogens (tertiary/aromatic N) is 5. The molecule has 0 atom stereocenters. The molecule has 0 aliphatic heterocycles. The minimum Gasteiger partial charge on any atom is -0.496 e. The van der Waals surface area contributed by atoms with Crippen molar-refractivity contribution < 1.29 is 4.74 Å². The van der Waals surface area contributed by atoms with E-state index in [1.165, 1.54) is 0 Å². The average Bonchev–Trinajstić information content (AvgIpc) is 2.88. The number of para-hydroxylation sites is 1. The third kappa shape index (κ3) is 4.00. The van der Waals surface area contributed by atoms with E-state index in [-0.39, 0.29) is 0 Å². The van der Waals surface area contributed by atoms with E-state index >= 15 is 0 Å². The van der Waals surface area contributed by atoms with Gasteiger partial charge in [-0.25, -0.2) is 0 Å². The normalized spacial score (nSPS) is 11.4. The molecule has 1 aromatic heterocycles. The van der Waals surface area contributed by atoms with Gasteiger partial charge < -0.3 is 19.5 Å². The molecule has 7 heteroatoms. The molecular weight excluding hydrogens is 292 g/mol. The Morgan fingerprint density at radius 3 is 2.70 bits per heavy atom. The van der Waals surface area contributed by atoms with Gasteiger partial charge in [0.05, 0.1) is 13.7 Å². The summed E-state index contributed by atoms with van der Waals surface area (Å²) in [6, 6.07) is 7.98. The maximum Gasteiger partial charge on any atom is 0.194 e. The first kappa shape index (κ1) is 16.8. The van der Waals surface area contributed by atoms with Crippen molar-refractivity contribution in [3.05, 3.63) is 41.5 Å². The van der Waals surface area contributed by atoms with Crippen molar-refractivity contribution in [3.8, 4) is 5.75 Å². The number of methoxy groups -OCH3 is 1. The summed E-state index contributed by atoms with van der Waals surface area (Å²) in [5.41, 5.74) is 1.11. The van der Waals surface area contributed by atoms with Crippen molar-refractivity contribution >= 4 is 5.96 Å². The number of nitrogens with one attached hydrogen (secondary N) is 1. The van der Waals surface area contributed by atoms with E-state index in [1.807, 2.05) is 48.7 Å². The van der Waals surface area contributed by atoms with E-state index in [1.54, 1.807) is 14.2 Å². The first-order valence-corrected chi connectivity index (χ1v) is 7.45. The third-order valence-electron chi connectivity index (χ3n) is 3.76. The number of ether oxygens (including phenoxy) is 1. The Morgan fingerprint density at radius 1 is 1.35 bits per heavy atom. The van der Waals surface area contributed by atoms with Crippen LogP contribution in [0.25, 0.3) is 0 Å². The minimum absolute atomic E-state index is 0.570. The highest BCUT2D eigenvalue weighted by Gasteiger charge is 2.11. The van der Waals surface area contributed by atoms with Gasteiger partial charge in [0.2, 0.25) is 0 Å². The molecule has 1 N–H and O–H groups in total. The maximum absolute atomic E-state index is 5.40. The molecule has 0 saturated carbocycles. The van der Waals surface area contributed by atoms with Gasteiger partial charge in [0, 0.05) is 33.3 Å². The van der Waals surface area contributed by atoms with Gasteiger partial charge in [-0.1, -0.05) is 18.2 Å². The van der Waals surface area contributed by atoms with Crippen LogP contribution >= 0.6 is 0 Å². The largest absolute Gasteiger partial charge is 0.496 e. The number of guanidine groups is 1. The number of hydrogen-bond donors (Lipinski definition) is 1. The number of aryl methyl sites for hydroxylation is 1. The van der Waals surface area contributed by atoms with Crippen LogP contribution in [0.1, 0.15) is 17.2 Å². The standard InChI is InChI=1S/C16H24N6O/c1-12-19-20-15(22(12)4)10-18-16(17-2)21(3)11-13-8-6-7-9-14(13)23-5/h6-9H,10-11H2,1-5H3,(H,17,18). The number of benzene rings is 1. The molecule has 0 bridgehead atoms. The molecule has 0 spiro atoms. The first-order chi connectivity index (χ1) is 11.1. The molecule has 1 aromatic carbocycles. The molecule has 0 amide bonds. The third-order valence-corrected chi connectivity index (χ3v) is 3.76. The fourth-order valence-electron chi connectivity index (χ4n) is 2.31. The van der Waals surface area contributed by atoms with Crippen molar-refractivity contribution in [1.82, 2.24) is 25.0 Å². The van der Waals surface area contributed by atoms with Crippen molar-refractivity contribution in [2.24, 2.45) is 12.0 Å². The fourth-order valence-corrected chi connectivity index (χ4v) is 2.31. The smallest absolute Gasteiger partial charge is 0.194 e. The van der Waals surface area contributed by atoms with E-state index in [0.29, 0.717) is 13.1 Å². The lowest BCUT2D eigenvalue weighted by atomic mass is 10.2. The zero-order valence-electron chi connectivity index (χ0n) is 14.4. The summed E-state index contributed by atoms with van der Waals surface area (Å²) in [4.78, 5) is 6.37. The molecule has 23 heavy (non-hydrogen) atoms. The highest BCUT2D eigenvalue weighted by atomic mass is 16.5. The average molecular weight is 316 g/mol. The number of aliphatic imine (C=N–C) groups is 1. The molecule has 0 radical (unpaired) electrons. The number of aromatic nitrogens is 3. The van der Waals surface area contributed by atoms with Crippen LogP contribution in [0.4, 0.5) is 0 Å². The van der Waals surface area contributed by atoms with Crippen LogP contribution in [-0.2, 0) is 20.1 Å². The Kier molecular flexibility index (Phi) is 5.56. The Labute approximate surface area is 137 Å². The summed E-state index contributed by atoms with van der Waals surface area (Å²) >= 11 is 0. The zero-order valence-corrected chi connectivity index (χ0v) is 14.4. The quantitative estimate of drug-likeness (QED) is 0.666. The molecule has 0 fully saturated rings. The predicted octanol–water partition coefficient (Wildman–Crippen LogP) is 1.34. The van der Waals surface area contributed by atoms with E-state index in [2.05, 4.69) is 26.6 Å². The molecule has 0 aliphatic rings. The summed E-state index contributed by atoms with van der Waals surface area (Å²) in [5.74, 6) is 3.42. The van der Waals surface area contributed by atoms with Crippen LogP contribution in [0, 0.1) is 6.92 Å². The van der Waals surface area contributed by atoms with E-state index in [0.717, 1.165) is 28.9 Å². The summed E-state index contributed by atoms with van der Waals surface area (Å²) in [5, 5.41) is 11.5. The van der Waals surface area contributed by atoms with Gasteiger partial charge in [-0.2, -0.15) is 0 Å². The van der Waals surface area contributed by atoms with E-state index in [4.69, 9.17) is 4.74 Å². The fraction of sp³-hybridized carbons (Fsp3) is 0.438. The molecule has 7 nitrogen and oxygen atoms in total. The summed E-state index contributed by atoms with van der Waals surface area (Å²) < 4.78 is 7.36. The van der Waals surface area contributed by atoms with Crippen molar-refractivity contribution in [1.29, 1.82) is 0 Å². The van der Waals surface area contributed by atoms with Gasteiger partial charge in [-0.3, -0.25) is 4.99 Å². The minimum atomic E-state index is 0.570. The molecule has 1 heterocycles. The van der Waals surface area contributed by atoms with Crippen molar-refractivity contribution in [2.45, 2.75) is 20.0 Å².